The molecule has 2 heterocycles. The number of aryl methyl sites for hydroxylation is 1. The van der Waals surface area contributed by atoms with Gasteiger partial charge < -0.3 is 25.6 Å². The van der Waals surface area contributed by atoms with Gasteiger partial charge >= 0.3 is 12.3 Å². The Bertz CT molecular complexity index is 1730. The molecule has 0 atom stereocenters. The second kappa shape index (κ2) is 11.7. The van der Waals surface area contributed by atoms with Crippen molar-refractivity contribution in [1.82, 2.24) is 14.9 Å². The van der Waals surface area contributed by atoms with Crippen molar-refractivity contribution in [2.45, 2.75) is 39.5 Å². The smallest absolute Gasteiger partial charge is 0.418 e. The van der Waals surface area contributed by atoms with Gasteiger partial charge in [-0.3, -0.25) is 4.79 Å². The van der Waals surface area contributed by atoms with Crippen molar-refractivity contribution in [3.8, 4) is 11.1 Å². The minimum absolute atomic E-state index is 0.0148. The first-order valence-electron chi connectivity index (χ1n) is 14.1. The number of anilines is 3. The predicted molar refractivity (Wildman–Crippen MR) is 164 cm³/mol. The molecule has 44 heavy (non-hydrogen) atoms. The summed E-state index contributed by atoms with van der Waals surface area (Å²) in [5, 5.41) is 3.39. The molecule has 5 rings (SSSR count). The lowest BCUT2D eigenvalue weighted by atomic mass is 9.97. The Morgan fingerprint density at radius 2 is 1.68 bits per heavy atom. The van der Waals surface area contributed by atoms with Crippen LogP contribution in [0.5, 0.6) is 0 Å². The minimum atomic E-state index is -4.67. The molecule has 0 unspecified atom stereocenters. The van der Waals surface area contributed by atoms with Crippen LogP contribution in [0.25, 0.3) is 22.0 Å². The SMILES string of the molecule is Cc1ccc(C(=O)Nc2ccc(N3CCN(C(=O)OC(C)(C)C)CC3)c(C(F)(F)F)c2)cc1-c1ccc2nc(N)ncc2c1. The number of halogens is 3. The van der Waals surface area contributed by atoms with Gasteiger partial charge in [0.15, 0.2) is 0 Å². The van der Waals surface area contributed by atoms with Crippen LogP contribution in [0.15, 0.2) is 60.8 Å². The first-order valence-corrected chi connectivity index (χ1v) is 14.1. The van der Waals surface area contributed by atoms with E-state index < -0.39 is 29.3 Å². The summed E-state index contributed by atoms with van der Waals surface area (Å²) in [6, 6.07) is 14.4. The van der Waals surface area contributed by atoms with Crippen molar-refractivity contribution in [3.05, 3.63) is 77.5 Å². The number of nitrogens with zero attached hydrogens (tertiary/aromatic N) is 4. The predicted octanol–water partition coefficient (Wildman–Crippen LogP) is 6.52. The van der Waals surface area contributed by atoms with Crippen LogP contribution in [0.2, 0.25) is 0 Å². The normalized spacial score (nSPS) is 14.1. The van der Waals surface area contributed by atoms with Gasteiger partial charge in [0.05, 0.1) is 11.1 Å². The number of ether oxygens (including phenoxy) is 1. The summed E-state index contributed by atoms with van der Waals surface area (Å²) in [5.41, 5.74) is 7.63. The number of nitrogens with two attached hydrogens (primary N) is 1. The second-order valence-corrected chi connectivity index (χ2v) is 11.7. The third kappa shape index (κ3) is 6.85. The average molecular weight is 607 g/mol. The molecule has 12 heteroatoms. The second-order valence-electron chi connectivity index (χ2n) is 11.7. The Balaban J connectivity index is 1.34. The summed E-state index contributed by atoms with van der Waals surface area (Å²) in [4.78, 5) is 36.9. The number of benzene rings is 3. The molecule has 1 fully saturated rings. The van der Waals surface area contributed by atoms with Gasteiger partial charge in [-0.15, -0.1) is 0 Å². The van der Waals surface area contributed by atoms with Gasteiger partial charge in [0.1, 0.15) is 5.60 Å². The van der Waals surface area contributed by atoms with Gasteiger partial charge in [-0.1, -0.05) is 12.1 Å². The summed E-state index contributed by atoms with van der Waals surface area (Å²) in [6.45, 7) is 8.02. The zero-order chi connectivity index (χ0) is 31.8. The highest BCUT2D eigenvalue weighted by atomic mass is 19.4. The van der Waals surface area contributed by atoms with Crippen molar-refractivity contribution in [2.75, 3.05) is 42.1 Å². The number of alkyl halides is 3. The molecule has 1 aromatic heterocycles. The van der Waals surface area contributed by atoms with E-state index in [9.17, 15) is 22.8 Å². The lowest BCUT2D eigenvalue weighted by molar-refractivity contribution is -0.137. The molecule has 0 bridgehead atoms. The molecule has 2 amide bonds. The highest BCUT2D eigenvalue weighted by Crippen LogP contribution is 2.39. The highest BCUT2D eigenvalue weighted by Gasteiger charge is 2.36. The standard InChI is InChI=1S/C32H33F3N6O3/c1-19-5-6-21(16-24(19)20-7-9-26-22(15-20)18-37-29(36)39-26)28(42)38-23-8-10-27(25(17-23)32(33,34)35)40-11-13-41(14-12-40)30(43)44-31(2,3)4/h5-10,15-18H,11-14H2,1-4H3,(H,38,42)(H2,36,37,39). The summed E-state index contributed by atoms with van der Waals surface area (Å²) < 4.78 is 48.0. The van der Waals surface area contributed by atoms with Crippen molar-refractivity contribution >= 4 is 40.2 Å². The molecule has 0 aliphatic carbocycles. The van der Waals surface area contributed by atoms with Gasteiger partial charge in [-0.25, -0.2) is 14.8 Å². The molecule has 0 saturated carbocycles. The fourth-order valence-electron chi connectivity index (χ4n) is 5.07. The van der Waals surface area contributed by atoms with Crippen LogP contribution >= 0.6 is 0 Å². The topological polar surface area (TPSA) is 114 Å². The van der Waals surface area contributed by atoms with Crippen LogP contribution in [0.1, 0.15) is 42.3 Å². The van der Waals surface area contributed by atoms with Crippen molar-refractivity contribution in [3.63, 3.8) is 0 Å². The Hall–Kier alpha value is -4.87. The third-order valence-electron chi connectivity index (χ3n) is 7.24. The van der Waals surface area contributed by atoms with Gasteiger partial charge in [0, 0.05) is 54.7 Å². The van der Waals surface area contributed by atoms with E-state index >= 15 is 0 Å². The number of rotatable bonds is 4. The van der Waals surface area contributed by atoms with Crippen molar-refractivity contribution in [1.29, 1.82) is 0 Å². The largest absolute Gasteiger partial charge is 0.444 e. The van der Waals surface area contributed by atoms with Gasteiger partial charge in [-0.05, 0) is 86.8 Å². The van der Waals surface area contributed by atoms with Crippen LogP contribution in [0, 0.1) is 6.92 Å². The quantitative estimate of drug-likeness (QED) is 0.272. The summed E-state index contributed by atoms with van der Waals surface area (Å²) in [7, 11) is 0. The molecule has 1 aliphatic rings. The molecule has 0 radical (unpaired) electrons. The Morgan fingerprint density at radius 1 is 0.955 bits per heavy atom. The zero-order valence-corrected chi connectivity index (χ0v) is 24.8. The summed E-state index contributed by atoms with van der Waals surface area (Å²) >= 11 is 0. The Morgan fingerprint density at radius 3 is 2.36 bits per heavy atom. The maximum absolute atomic E-state index is 14.2. The third-order valence-corrected chi connectivity index (χ3v) is 7.24. The number of fused-ring (bicyclic) bond motifs is 1. The number of carbonyl (C=O) groups is 2. The Labute approximate surface area is 252 Å². The van der Waals surface area contributed by atoms with E-state index in [2.05, 4.69) is 15.3 Å². The molecule has 1 aliphatic heterocycles. The number of amides is 2. The van der Waals surface area contributed by atoms with E-state index in [4.69, 9.17) is 10.5 Å². The fraction of sp³-hybridized carbons (Fsp3) is 0.312. The maximum Gasteiger partial charge on any atom is 0.418 e. The van der Waals surface area contributed by atoms with E-state index in [0.29, 0.717) is 5.52 Å². The van der Waals surface area contributed by atoms with E-state index in [0.717, 1.165) is 28.1 Å². The van der Waals surface area contributed by atoms with Gasteiger partial charge in [-0.2, -0.15) is 13.2 Å². The summed E-state index contributed by atoms with van der Waals surface area (Å²) in [5.74, 6) is -0.377. The number of hydrogen-bond acceptors (Lipinski definition) is 7. The van der Waals surface area contributed by atoms with Crippen molar-refractivity contribution < 1.29 is 27.5 Å². The van der Waals surface area contributed by atoms with Crippen LogP contribution in [-0.2, 0) is 10.9 Å². The number of nitrogens with one attached hydrogen (secondary N) is 1. The lowest BCUT2D eigenvalue weighted by Crippen LogP contribution is -2.50. The molecule has 1 saturated heterocycles. The Kier molecular flexibility index (Phi) is 8.11. The molecule has 0 spiro atoms. The summed E-state index contributed by atoms with van der Waals surface area (Å²) in [6.07, 6.45) is -3.54. The molecule has 9 nitrogen and oxygen atoms in total. The number of nitrogen functional groups attached to an aromatic ring is 1. The number of carbonyl (C=O) groups excluding carboxylic acids is 2. The highest BCUT2D eigenvalue weighted by molar-refractivity contribution is 6.05. The zero-order valence-electron chi connectivity index (χ0n) is 24.8. The molecular formula is C32H33F3N6O3. The van der Waals surface area contributed by atoms with Crippen LogP contribution in [0.4, 0.5) is 35.3 Å². The van der Waals surface area contributed by atoms with E-state index in [1.807, 2.05) is 25.1 Å². The molecule has 3 aromatic carbocycles. The van der Waals surface area contributed by atoms with Gasteiger partial charge in [0.25, 0.3) is 5.91 Å². The van der Waals surface area contributed by atoms with Gasteiger partial charge in [0.2, 0.25) is 5.95 Å². The lowest BCUT2D eigenvalue weighted by Gasteiger charge is -2.37. The average Bonchev–Trinajstić information content (AvgIpc) is 2.96. The molecular weight excluding hydrogens is 573 g/mol. The molecule has 230 valence electrons. The van der Waals surface area contributed by atoms with E-state index in [1.54, 1.807) is 50.1 Å². The number of hydrogen-bond donors (Lipinski definition) is 2. The first-order chi connectivity index (χ1) is 20.7. The maximum atomic E-state index is 14.2. The first kappa shape index (κ1) is 30.6. The molecule has 3 N–H and O–H groups in total. The fourth-order valence-corrected chi connectivity index (χ4v) is 5.07. The monoisotopic (exact) mass is 606 g/mol. The van der Waals surface area contributed by atoms with Crippen LogP contribution in [-0.4, -0.2) is 58.6 Å². The van der Waals surface area contributed by atoms with E-state index in [1.165, 1.54) is 17.0 Å². The van der Waals surface area contributed by atoms with E-state index in [-0.39, 0.29) is 49.1 Å². The van der Waals surface area contributed by atoms with Crippen molar-refractivity contribution in [2.24, 2.45) is 0 Å². The van der Waals surface area contributed by atoms with Crippen LogP contribution in [0.3, 0.4) is 0 Å². The minimum Gasteiger partial charge on any atom is -0.444 e. The molecule has 4 aromatic rings. The number of piperazine rings is 1. The van der Waals surface area contributed by atoms with Crippen LogP contribution < -0.4 is 16.0 Å². The number of aromatic nitrogens is 2.